The van der Waals surface area contributed by atoms with Crippen molar-refractivity contribution in [3.63, 3.8) is 0 Å². The van der Waals surface area contributed by atoms with Crippen LogP contribution in [0.2, 0.25) is 0 Å². The molecule has 0 amide bonds. The van der Waals surface area contributed by atoms with Crippen molar-refractivity contribution in [2.45, 2.75) is 26.3 Å². The van der Waals surface area contributed by atoms with Gasteiger partial charge in [0.25, 0.3) is 6.43 Å². The number of hydrogen-bond acceptors (Lipinski definition) is 5. The van der Waals surface area contributed by atoms with Gasteiger partial charge in [0.15, 0.2) is 0 Å². The highest BCUT2D eigenvalue weighted by Crippen LogP contribution is 2.27. The van der Waals surface area contributed by atoms with Crippen LogP contribution in [-0.4, -0.2) is 17.6 Å². The molecule has 0 unspecified atom stereocenters. The van der Waals surface area contributed by atoms with Crippen molar-refractivity contribution in [1.29, 1.82) is 0 Å². The number of halogens is 2. The van der Waals surface area contributed by atoms with E-state index in [-0.39, 0.29) is 30.8 Å². The molecular weight excluding hydrogens is 244 g/mol. The third-order valence-electron chi connectivity index (χ3n) is 2.39. The third-order valence-corrected chi connectivity index (χ3v) is 2.39. The van der Waals surface area contributed by atoms with Crippen LogP contribution in [0.1, 0.15) is 30.2 Å². The van der Waals surface area contributed by atoms with Gasteiger partial charge >= 0.3 is 5.97 Å². The Bertz CT molecular complexity index is 439. The summed E-state index contributed by atoms with van der Waals surface area (Å²) in [7, 11) is 0. The third kappa shape index (κ3) is 3.13. The van der Waals surface area contributed by atoms with Crippen molar-refractivity contribution in [1.82, 2.24) is 4.98 Å². The van der Waals surface area contributed by atoms with Crippen molar-refractivity contribution in [3.8, 4) is 0 Å². The summed E-state index contributed by atoms with van der Waals surface area (Å²) < 4.78 is 30.3. The van der Waals surface area contributed by atoms with Gasteiger partial charge in [-0.05, 0) is 6.92 Å². The maximum Gasteiger partial charge on any atom is 0.310 e. The molecule has 0 fully saturated rings. The second-order valence-corrected chi connectivity index (χ2v) is 3.55. The van der Waals surface area contributed by atoms with Crippen LogP contribution >= 0.6 is 0 Å². The molecule has 0 radical (unpaired) electrons. The minimum absolute atomic E-state index is 0.00796. The van der Waals surface area contributed by atoms with Crippen LogP contribution < -0.4 is 11.5 Å². The molecule has 7 heteroatoms. The van der Waals surface area contributed by atoms with E-state index >= 15 is 0 Å². The minimum Gasteiger partial charge on any atom is -0.466 e. The highest BCUT2D eigenvalue weighted by atomic mass is 19.3. The summed E-state index contributed by atoms with van der Waals surface area (Å²) in [5.41, 5.74) is 11.1. The summed E-state index contributed by atoms with van der Waals surface area (Å²) >= 11 is 0. The average Bonchev–Trinajstić information content (AvgIpc) is 2.31. The number of nitrogens with zero attached hydrogens (tertiary/aromatic N) is 1. The van der Waals surface area contributed by atoms with E-state index < -0.39 is 18.1 Å². The van der Waals surface area contributed by atoms with Crippen molar-refractivity contribution in [2.75, 3.05) is 12.3 Å². The predicted octanol–water partition coefficient (Wildman–Crippen LogP) is 1.17. The maximum atomic E-state index is 12.8. The lowest BCUT2D eigenvalue weighted by Gasteiger charge is -2.13. The molecule has 0 aliphatic carbocycles. The number of rotatable bonds is 5. The zero-order valence-electron chi connectivity index (χ0n) is 9.95. The highest BCUT2D eigenvalue weighted by molar-refractivity contribution is 5.76. The lowest BCUT2D eigenvalue weighted by atomic mass is 10.0. The number of nitrogens with two attached hydrogens (primary N) is 2. The first-order valence-corrected chi connectivity index (χ1v) is 5.41. The molecule has 4 N–H and O–H groups in total. The molecule has 18 heavy (non-hydrogen) atoms. The Morgan fingerprint density at radius 2 is 2.22 bits per heavy atom. The molecular formula is C11H15F2N3O2. The van der Waals surface area contributed by atoms with Gasteiger partial charge in [-0.25, -0.2) is 8.78 Å². The van der Waals surface area contributed by atoms with Gasteiger partial charge in [-0.15, -0.1) is 0 Å². The van der Waals surface area contributed by atoms with E-state index in [9.17, 15) is 13.6 Å². The van der Waals surface area contributed by atoms with Gasteiger partial charge in [-0.2, -0.15) is 0 Å². The highest BCUT2D eigenvalue weighted by Gasteiger charge is 2.21. The molecule has 0 aliphatic rings. The van der Waals surface area contributed by atoms with Crippen LogP contribution in [0.3, 0.4) is 0 Å². The maximum absolute atomic E-state index is 12.8. The van der Waals surface area contributed by atoms with E-state index in [4.69, 9.17) is 16.2 Å². The molecule has 0 spiro atoms. The molecule has 0 aromatic carbocycles. The molecule has 0 bridgehead atoms. The Hall–Kier alpha value is -1.76. The number of pyridine rings is 1. The first-order chi connectivity index (χ1) is 8.51. The fourth-order valence-electron chi connectivity index (χ4n) is 1.52. The number of ether oxygens (including phenoxy) is 1. The fourth-order valence-corrected chi connectivity index (χ4v) is 1.52. The Labute approximate surface area is 103 Å². The van der Waals surface area contributed by atoms with Crippen LogP contribution in [0.25, 0.3) is 0 Å². The second-order valence-electron chi connectivity index (χ2n) is 3.55. The summed E-state index contributed by atoms with van der Waals surface area (Å²) in [6.45, 7) is 1.87. The monoisotopic (exact) mass is 259 g/mol. The Morgan fingerprint density at radius 3 is 2.72 bits per heavy atom. The first-order valence-electron chi connectivity index (χ1n) is 5.41. The summed E-state index contributed by atoms with van der Waals surface area (Å²) in [5.74, 6) is -0.623. The summed E-state index contributed by atoms with van der Waals surface area (Å²) in [6.07, 6.45) is -1.94. The molecule has 0 saturated heterocycles. The number of alkyl halides is 2. The smallest absolute Gasteiger partial charge is 0.310 e. The van der Waals surface area contributed by atoms with Gasteiger partial charge in [0.2, 0.25) is 0 Å². The van der Waals surface area contributed by atoms with Gasteiger partial charge < -0.3 is 16.2 Å². The van der Waals surface area contributed by atoms with Crippen molar-refractivity contribution < 1.29 is 18.3 Å². The van der Waals surface area contributed by atoms with Gasteiger partial charge in [-0.1, -0.05) is 0 Å². The summed E-state index contributed by atoms with van der Waals surface area (Å²) in [5, 5.41) is 0. The van der Waals surface area contributed by atoms with Crippen molar-refractivity contribution in [2.24, 2.45) is 5.73 Å². The number of carbonyl (C=O) groups excluding carboxylic acids is 1. The van der Waals surface area contributed by atoms with E-state index in [0.29, 0.717) is 5.56 Å². The number of hydrogen-bond donors (Lipinski definition) is 2. The number of esters is 1. The van der Waals surface area contributed by atoms with E-state index in [1.807, 2.05) is 0 Å². The zero-order chi connectivity index (χ0) is 13.7. The van der Waals surface area contributed by atoms with Crippen molar-refractivity contribution >= 4 is 11.7 Å². The molecule has 0 saturated carbocycles. The van der Waals surface area contributed by atoms with Crippen LogP contribution in [0.5, 0.6) is 0 Å². The van der Waals surface area contributed by atoms with Crippen LogP contribution in [0.15, 0.2) is 6.20 Å². The standard InChI is InChI=1S/C11H15F2N3O2/c1-2-18-8(17)3-7-9(15)6(4-14)5-16-10(7)11(12)13/h5,11H,2-4,14H2,1H3,(H2,15,16). The van der Waals surface area contributed by atoms with Gasteiger partial charge in [0.1, 0.15) is 5.69 Å². The lowest BCUT2D eigenvalue weighted by molar-refractivity contribution is -0.142. The summed E-state index contributed by atoms with van der Waals surface area (Å²) in [6, 6.07) is 0. The molecule has 5 nitrogen and oxygen atoms in total. The Morgan fingerprint density at radius 1 is 1.56 bits per heavy atom. The predicted molar refractivity (Wildman–Crippen MR) is 61.8 cm³/mol. The molecule has 0 aliphatic heterocycles. The Balaban J connectivity index is 3.15. The average molecular weight is 259 g/mol. The topological polar surface area (TPSA) is 91.2 Å². The fraction of sp³-hybridized carbons (Fsp3) is 0.455. The molecule has 0 atom stereocenters. The largest absolute Gasteiger partial charge is 0.466 e. The van der Waals surface area contributed by atoms with Crippen LogP contribution in [-0.2, 0) is 22.5 Å². The first kappa shape index (κ1) is 14.3. The quantitative estimate of drug-likeness (QED) is 0.774. The Kier molecular flexibility index (Phi) is 4.96. The number of nitrogen functional groups attached to an aromatic ring is 1. The lowest BCUT2D eigenvalue weighted by Crippen LogP contribution is -2.15. The van der Waals surface area contributed by atoms with E-state index in [0.717, 1.165) is 0 Å². The normalized spacial score (nSPS) is 10.7. The molecule has 1 heterocycles. The molecule has 1 aromatic heterocycles. The molecule has 1 aromatic rings. The SMILES string of the molecule is CCOC(=O)Cc1c(C(F)F)ncc(CN)c1N. The van der Waals surface area contributed by atoms with Crippen LogP contribution in [0.4, 0.5) is 14.5 Å². The minimum atomic E-state index is -2.80. The summed E-state index contributed by atoms with van der Waals surface area (Å²) in [4.78, 5) is 15.0. The zero-order valence-corrected chi connectivity index (χ0v) is 9.95. The van der Waals surface area contributed by atoms with Crippen molar-refractivity contribution in [3.05, 3.63) is 23.0 Å². The number of carbonyl (C=O) groups is 1. The van der Waals surface area contributed by atoms with E-state index in [2.05, 4.69) is 4.98 Å². The number of anilines is 1. The molecule has 1 rings (SSSR count). The van der Waals surface area contributed by atoms with Gasteiger partial charge in [0.05, 0.1) is 13.0 Å². The van der Waals surface area contributed by atoms with Gasteiger partial charge in [0, 0.05) is 29.6 Å². The van der Waals surface area contributed by atoms with E-state index in [1.54, 1.807) is 6.92 Å². The van der Waals surface area contributed by atoms with Crippen LogP contribution in [0, 0.1) is 0 Å². The van der Waals surface area contributed by atoms with Gasteiger partial charge in [-0.3, -0.25) is 9.78 Å². The second kappa shape index (κ2) is 6.25. The van der Waals surface area contributed by atoms with E-state index in [1.165, 1.54) is 6.20 Å². The molecule has 100 valence electrons. The number of aromatic nitrogens is 1.